The average Bonchev–Trinajstić information content (AvgIpc) is 2.15. The molecule has 1 aromatic heterocycles. The molecule has 0 unspecified atom stereocenters. The second-order valence-electron chi connectivity index (χ2n) is 2.97. The zero-order valence-corrected chi connectivity index (χ0v) is 8.15. The van der Waals surface area contributed by atoms with Crippen LogP contribution in [0.25, 0.3) is 11.0 Å². The first-order valence-corrected chi connectivity index (χ1v) is 4.49. The Bertz CT molecular complexity index is 556. The summed E-state index contributed by atoms with van der Waals surface area (Å²) < 4.78 is 42.7. The molecule has 0 N–H and O–H groups in total. The largest absolute Gasteiger partial charge is 0.445 e. The quantitative estimate of drug-likeness (QED) is 0.630. The zero-order chi connectivity index (χ0) is 11.1. The Morgan fingerprint density at radius 1 is 1.13 bits per heavy atom. The molecule has 0 bridgehead atoms. The number of hydrogen-bond acceptors (Lipinski definition) is 2. The summed E-state index contributed by atoms with van der Waals surface area (Å²) in [7, 11) is 0. The standard InChI is InChI=1S/C10H5F3OS/c11-10(12,13)7-5-9(15)14-8-4-2-1-3-6(7)8/h1-5H. The van der Waals surface area contributed by atoms with E-state index in [0.29, 0.717) is 0 Å². The highest BCUT2D eigenvalue weighted by Crippen LogP contribution is 2.34. The van der Waals surface area contributed by atoms with Crippen molar-refractivity contribution in [3.63, 3.8) is 0 Å². The summed E-state index contributed by atoms with van der Waals surface area (Å²) in [5.74, 6) is 0. The summed E-state index contributed by atoms with van der Waals surface area (Å²) in [5, 5.41) is 0.0265. The predicted octanol–water partition coefficient (Wildman–Crippen LogP) is 4.18. The molecule has 1 nitrogen and oxygen atoms in total. The van der Waals surface area contributed by atoms with Crippen molar-refractivity contribution in [2.75, 3.05) is 0 Å². The van der Waals surface area contributed by atoms with Gasteiger partial charge in [-0.2, -0.15) is 13.2 Å². The van der Waals surface area contributed by atoms with Crippen LogP contribution < -0.4 is 0 Å². The first kappa shape index (κ1) is 10.2. The number of para-hydroxylation sites is 1. The Kier molecular flexibility index (Phi) is 2.26. The second-order valence-corrected chi connectivity index (χ2v) is 3.38. The lowest BCUT2D eigenvalue weighted by Crippen LogP contribution is -2.05. The van der Waals surface area contributed by atoms with E-state index in [9.17, 15) is 13.2 Å². The van der Waals surface area contributed by atoms with Crippen LogP contribution in [0.5, 0.6) is 0 Å². The third-order valence-corrected chi connectivity index (χ3v) is 2.16. The molecule has 0 amide bonds. The van der Waals surface area contributed by atoms with Crippen LogP contribution in [0.15, 0.2) is 34.7 Å². The summed E-state index contributed by atoms with van der Waals surface area (Å²) in [6, 6.07) is 6.77. The molecule has 0 aliphatic carbocycles. The molecule has 5 heteroatoms. The van der Waals surface area contributed by atoms with Crippen LogP contribution in [-0.2, 0) is 6.18 Å². The molecule has 0 saturated carbocycles. The molecule has 0 fully saturated rings. The third kappa shape index (κ3) is 1.87. The number of hydrogen-bond donors (Lipinski definition) is 0. The van der Waals surface area contributed by atoms with E-state index in [1.165, 1.54) is 18.2 Å². The van der Waals surface area contributed by atoms with Crippen molar-refractivity contribution in [2.45, 2.75) is 6.18 Å². The van der Waals surface area contributed by atoms with Gasteiger partial charge in [0.15, 0.2) is 4.71 Å². The van der Waals surface area contributed by atoms with E-state index in [4.69, 9.17) is 4.42 Å². The summed E-state index contributed by atoms with van der Waals surface area (Å²) in [5.41, 5.74) is -0.605. The maximum Gasteiger partial charge on any atom is 0.417 e. The maximum atomic E-state index is 12.6. The highest BCUT2D eigenvalue weighted by molar-refractivity contribution is 7.71. The number of rotatable bonds is 0. The van der Waals surface area contributed by atoms with Crippen LogP contribution in [-0.4, -0.2) is 0 Å². The molecule has 1 aromatic carbocycles. The van der Waals surface area contributed by atoms with E-state index < -0.39 is 11.7 Å². The predicted molar refractivity (Wildman–Crippen MR) is 52.1 cm³/mol. The smallest absolute Gasteiger partial charge is 0.417 e. The van der Waals surface area contributed by atoms with Gasteiger partial charge < -0.3 is 4.42 Å². The van der Waals surface area contributed by atoms with Gasteiger partial charge >= 0.3 is 6.18 Å². The van der Waals surface area contributed by atoms with E-state index in [-0.39, 0.29) is 15.7 Å². The van der Waals surface area contributed by atoms with Crippen molar-refractivity contribution >= 4 is 23.2 Å². The molecule has 0 radical (unpaired) electrons. The first-order valence-electron chi connectivity index (χ1n) is 4.08. The molecule has 0 spiro atoms. The number of benzene rings is 1. The van der Waals surface area contributed by atoms with Gasteiger partial charge in [0.2, 0.25) is 0 Å². The zero-order valence-electron chi connectivity index (χ0n) is 7.34. The Morgan fingerprint density at radius 2 is 1.80 bits per heavy atom. The van der Waals surface area contributed by atoms with Crippen LogP contribution in [0.2, 0.25) is 0 Å². The second kappa shape index (κ2) is 3.34. The summed E-state index contributed by atoms with van der Waals surface area (Å²) in [6.45, 7) is 0. The fourth-order valence-corrected chi connectivity index (χ4v) is 1.55. The van der Waals surface area contributed by atoms with Gasteiger partial charge in [-0.25, -0.2) is 0 Å². The van der Waals surface area contributed by atoms with Crippen LogP contribution in [0.3, 0.4) is 0 Å². The maximum absolute atomic E-state index is 12.6. The van der Waals surface area contributed by atoms with Crippen LogP contribution >= 0.6 is 12.2 Å². The lowest BCUT2D eigenvalue weighted by atomic mass is 10.1. The van der Waals surface area contributed by atoms with Crippen molar-refractivity contribution in [1.29, 1.82) is 0 Å². The Morgan fingerprint density at radius 3 is 2.47 bits per heavy atom. The van der Waals surface area contributed by atoms with Crippen molar-refractivity contribution in [3.05, 3.63) is 40.6 Å². The van der Waals surface area contributed by atoms with Gasteiger partial charge in [0.1, 0.15) is 5.58 Å². The Hall–Kier alpha value is -1.36. The number of alkyl halides is 3. The molecule has 2 rings (SSSR count). The van der Waals surface area contributed by atoms with E-state index >= 15 is 0 Å². The highest BCUT2D eigenvalue weighted by Gasteiger charge is 2.33. The minimum Gasteiger partial charge on any atom is -0.445 e. The number of fused-ring (bicyclic) bond motifs is 1. The molecular formula is C10H5F3OS. The molecule has 0 aliphatic heterocycles. The van der Waals surface area contributed by atoms with Gasteiger partial charge in [0, 0.05) is 11.5 Å². The summed E-state index contributed by atoms with van der Waals surface area (Å²) >= 11 is 4.63. The molecule has 1 heterocycles. The molecule has 78 valence electrons. The fourth-order valence-electron chi connectivity index (χ4n) is 1.35. The molecule has 0 saturated heterocycles. The van der Waals surface area contributed by atoms with E-state index in [2.05, 4.69) is 12.2 Å². The van der Waals surface area contributed by atoms with E-state index in [1.54, 1.807) is 6.07 Å². The van der Waals surface area contributed by atoms with Crippen LogP contribution in [0.1, 0.15) is 5.56 Å². The van der Waals surface area contributed by atoms with E-state index in [1.807, 2.05) is 0 Å². The fraction of sp³-hybridized carbons (Fsp3) is 0.100. The molecular weight excluding hydrogens is 225 g/mol. The number of halogens is 3. The van der Waals surface area contributed by atoms with Gasteiger partial charge in [-0.1, -0.05) is 18.2 Å². The van der Waals surface area contributed by atoms with Crippen molar-refractivity contribution in [3.8, 4) is 0 Å². The van der Waals surface area contributed by atoms with Gasteiger partial charge in [-0.3, -0.25) is 0 Å². The highest BCUT2D eigenvalue weighted by atomic mass is 32.1. The third-order valence-electron chi connectivity index (χ3n) is 1.96. The monoisotopic (exact) mass is 230 g/mol. The van der Waals surface area contributed by atoms with Crippen molar-refractivity contribution in [2.24, 2.45) is 0 Å². The lowest BCUT2D eigenvalue weighted by molar-refractivity contribution is -0.136. The van der Waals surface area contributed by atoms with Gasteiger partial charge in [-0.15, -0.1) is 0 Å². The van der Waals surface area contributed by atoms with E-state index in [0.717, 1.165) is 6.07 Å². The Balaban J connectivity index is 2.89. The molecule has 2 aromatic rings. The summed E-state index contributed by atoms with van der Waals surface area (Å²) in [6.07, 6.45) is -4.41. The first-order chi connectivity index (χ1) is 6.98. The van der Waals surface area contributed by atoms with Crippen LogP contribution in [0.4, 0.5) is 13.2 Å². The minimum absolute atomic E-state index is 0.0265. The van der Waals surface area contributed by atoms with Gasteiger partial charge in [-0.05, 0) is 18.3 Å². The summed E-state index contributed by atoms with van der Waals surface area (Å²) in [4.78, 5) is 0. The Labute approximate surface area is 88.1 Å². The average molecular weight is 230 g/mol. The van der Waals surface area contributed by atoms with Gasteiger partial charge in [0.25, 0.3) is 0 Å². The minimum atomic E-state index is -4.41. The lowest BCUT2D eigenvalue weighted by Gasteiger charge is -2.08. The van der Waals surface area contributed by atoms with Crippen molar-refractivity contribution < 1.29 is 17.6 Å². The molecule has 0 atom stereocenters. The van der Waals surface area contributed by atoms with Gasteiger partial charge in [0.05, 0.1) is 5.56 Å². The molecule has 0 aliphatic rings. The van der Waals surface area contributed by atoms with Crippen LogP contribution in [0, 0.1) is 4.71 Å². The normalized spacial score (nSPS) is 11.9. The molecule has 15 heavy (non-hydrogen) atoms. The topological polar surface area (TPSA) is 13.1 Å². The SMILES string of the molecule is FC(F)(F)c1cc(=S)oc2ccccc12. The van der Waals surface area contributed by atoms with Crippen molar-refractivity contribution in [1.82, 2.24) is 0 Å².